The smallest absolute Gasteiger partial charge is 0.227 e. The van der Waals surface area contributed by atoms with Gasteiger partial charge in [0.25, 0.3) is 0 Å². The second-order valence-electron chi connectivity index (χ2n) is 4.82. The second kappa shape index (κ2) is 7.45. The summed E-state index contributed by atoms with van der Waals surface area (Å²) in [6.07, 6.45) is 0.287. The fraction of sp³-hybridized carbons (Fsp3) is 0.235. The van der Waals surface area contributed by atoms with Crippen LogP contribution in [0.2, 0.25) is 0 Å². The Kier molecular flexibility index (Phi) is 5.35. The Hall–Kier alpha value is -2.33. The van der Waals surface area contributed by atoms with E-state index in [9.17, 15) is 4.79 Å². The van der Waals surface area contributed by atoms with E-state index >= 15 is 0 Å². The summed E-state index contributed by atoms with van der Waals surface area (Å²) in [5.41, 5.74) is 2.66. The summed E-state index contributed by atoms with van der Waals surface area (Å²) in [7, 11) is 0. The number of aryl methyl sites for hydroxylation is 1. The molecule has 0 aliphatic heterocycles. The summed E-state index contributed by atoms with van der Waals surface area (Å²) in [6, 6.07) is 14.8. The van der Waals surface area contributed by atoms with E-state index in [0.29, 0.717) is 12.3 Å². The molecule has 1 amide bonds. The van der Waals surface area contributed by atoms with E-state index < -0.39 is 0 Å². The van der Waals surface area contributed by atoms with Crippen molar-refractivity contribution >= 4 is 11.6 Å². The van der Waals surface area contributed by atoms with Crippen molar-refractivity contribution in [3.8, 4) is 5.75 Å². The molecular weight excluding hydrogens is 266 g/mol. The number of aliphatic hydroxyl groups is 1. The van der Waals surface area contributed by atoms with Gasteiger partial charge in [-0.25, -0.2) is 0 Å². The molecule has 0 aromatic heterocycles. The molecule has 2 aromatic rings. The van der Waals surface area contributed by atoms with Crippen LogP contribution in [0.25, 0.3) is 0 Å². The van der Waals surface area contributed by atoms with Crippen LogP contribution in [0, 0.1) is 6.92 Å². The topological polar surface area (TPSA) is 58.6 Å². The quantitative estimate of drug-likeness (QED) is 0.858. The zero-order valence-electron chi connectivity index (χ0n) is 12.0. The Labute approximate surface area is 124 Å². The largest absolute Gasteiger partial charge is 0.493 e. The lowest BCUT2D eigenvalue weighted by atomic mass is 10.2. The number of hydrogen-bond acceptors (Lipinski definition) is 3. The zero-order chi connectivity index (χ0) is 15.1. The first-order valence-electron chi connectivity index (χ1n) is 6.86. The van der Waals surface area contributed by atoms with Gasteiger partial charge in [0, 0.05) is 5.69 Å². The highest BCUT2D eigenvalue weighted by molar-refractivity contribution is 5.90. The number of nitrogens with one attached hydrogen (secondary N) is 1. The molecule has 2 aromatic carbocycles. The molecule has 0 aliphatic rings. The summed E-state index contributed by atoms with van der Waals surface area (Å²) in [6.45, 7) is 2.33. The maximum absolute atomic E-state index is 11.8. The van der Waals surface area contributed by atoms with Gasteiger partial charge in [-0.1, -0.05) is 24.3 Å². The summed E-state index contributed by atoms with van der Waals surface area (Å²) in [5, 5.41) is 11.7. The van der Waals surface area contributed by atoms with E-state index in [1.165, 1.54) is 0 Å². The molecule has 0 atom stereocenters. The maximum atomic E-state index is 11.8. The SMILES string of the molecule is Cc1cccc(OCCC(=O)Nc2ccc(CO)cc2)c1. The third-order valence-corrected chi connectivity index (χ3v) is 3.01. The molecular formula is C17H19NO3. The highest BCUT2D eigenvalue weighted by Gasteiger charge is 2.03. The van der Waals surface area contributed by atoms with Gasteiger partial charge < -0.3 is 15.2 Å². The van der Waals surface area contributed by atoms with Crippen molar-refractivity contribution in [1.82, 2.24) is 0 Å². The van der Waals surface area contributed by atoms with Crippen LogP contribution >= 0.6 is 0 Å². The van der Waals surface area contributed by atoms with Crippen molar-refractivity contribution in [2.75, 3.05) is 11.9 Å². The minimum Gasteiger partial charge on any atom is -0.493 e. The van der Waals surface area contributed by atoms with Gasteiger partial charge in [0.1, 0.15) is 5.75 Å². The van der Waals surface area contributed by atoms with Gasteiger partial charge in [-0.15, -0.1) is 0 Å². The Balaban J connectivity index is 1.76. The monoisotopic (exact) mass is 285 g/mol. The Bertz CT molecular complexity index is 593. The molecule has 0 aliphatic carbocycles. The van der Waals surface area contributed by atoms with E-state index in [4.69, 9.17) is 9.84 Å². The van der Waals surface area contributed by atoms with Crippen molar-refractivity contribution in [2.45, 2.75) is 20.0 Å². The minimum absolute atomic E-state index is 0.00143. The van der Waals surface area contributed by atoms with E-state index in [1.807, 2.05) is 31.2 Å². The number of rotatable bonds is 6. The summed E-state index contributed by atoms with van der Waals surface area (Å²) < 4.78 is 5.54. The number of hydrogen-bond donors (Lipinski definition) is 2. The fourth-order valence-corrected chi connectivity index (χ4v) is 1.88. The molecule has 0 heterocycles. The highest BCUT2D eigenvalue weighted by atomic mass is 16.5. The lowest BCUT2D eigenvalue weighted by molar-refractivity contribution is -0.116. The van der Waals surface area contributed by atoms with Crippen LogP contribution in [0.1, 0.15) is 17.5 Å². The third-order valence-electron chi connectivity index (χ3n) is 3.01. The van der Waals surface area contributed by atoms with Crippen molar-refractivity contribution in [1.29, 1.82) is 0 Å². The Morgan fingerprint density at radius 1 is 1.19 bits per heavy atom. The lowest BCUT2D eigenvalue weighted by Crippen LogP contribution is -2.15. The van der Waals surface area contributed by atoms with Crippen LogP contribution in [0.3, 0.4) is 0 Å². The Morgan fingerprint density at radius 2 is 1.95 bits per heavy atom. The number of aliphatic hydroxyl groups excluding tert-OH is 1. The molecule has 0 unspecified atom stereocenters. The van der Waals surface area contributed by atoms with E-state index in [1.54, 1.807) is 24.3 Å². The summed E-state index contributed by atoms with van der Waals surface area (Å²) >= 11 is 0. The van der Waals surface area contributed by atoms with Gasteiger partial charge in [0.2, 0.25) is 5.91 Å². The van der Waals surface area contributed by atoms with Gasteiger partial charge >= 0.3 is 0 Å². The van der Waals surface area contributed by atoms with Gasteiger partial charge in [0.15, 0.2) is 0 Å². The molecule has 0 radical (unpaired) electrons. The number of ether oxygens (including phenoxy) is 1. The first-order chi connectivity index (χ1) is 10.2. The molecule has 2 N–H and O–H groups in total. The zero-order valence-corrected chi connectivity index (χ0v) is 12.0. The van der Waals surface area contributed by atoms with Crippen LogP contribution in [0.4, 0.5) is 5.69 Å². The summed E-state index contributed by atoms with van der Waals surface area (Å²) in [4.78, 5) is 11.8. The van der Waals surface area contributed by atoms with E-state index in [0.717, 1.165) is 16.9 Å². The standard InChI is InChI=1S/C17H19NO3/c1-13-3-2-4-16(11-13)21-10-9-17(20)18-15-7-5-14(12-19)6-8-15/h2-8,11,19H,9-10,12H2,1H3,(H,18,20). The summed E-state index contributed by atoms with van der Waals surface area (Å²) in [5.74, 6) is 0.675. The molecule has 0 fully saturated rings. The van der Waals surface area contributed by atoms with Crippen molar-refractivity contribution in [3.63, 3.8) is 0 Å². The van der Waals surface area contributed by atoms with Crippen LogP contribution in [-0.4, -0.2) is 17.6 Å². The first-order valence-corrected chi connectivity index (χ1v) is 6.86. The minimum atomic E-state index is -0.0978. The normalized spacial score (nSPS) is 10.2. The average molecular weight is 285 g/mol. The number of anilines is 1. The lowest BCUT2D eigenvalue weighted by Gasteiger charge is -2.08. The molecule has 4 heteroatoms. The van der Waals surface area contributed by atoms with E-state index in [2.05, 4.69) is 5.32 Å². The molecule has 21 heavy (non-hydrogen) atoms. The number of amides is 1. The predicted octanol–water partition coefficient (Wildman–Crippen LogP) is 2.89. The average Bonchev–Trinajstić information content (AvgIpc) is 2.48. The molecule has 0 bridgehead atoms. The molecule has 110 valence electrons. The van der Waals surface area contributed by atoms with Gasteiger partial charge in [-0.05, 0) is 42.3 Å². The van der Waals surface area contributed by atoms with Crippen molar-refractivity contribution in [2.24, 2.45) is 0 Å². The molecule has 4 nitrogen and oxygen atoms in total. The Morgan fingerprint density at radius 3 is 2.62 bits per heavy atom. The molecule has 2 rings (SSSR count). The van der Waals surface area contributed by atoms with Crippen LogP contribution in [0.5, 0.6) is 5.75 Å². The van der Waals surface area contributed by atoms with Gasteiger partial charge in [0.05, 0.1) is 19.6 Å². The van der Waals surface area contributed by atoms with Crippen molar-refractivity contribution in [3.05, 3.63) is 59.7 Å². The predicted molar refractivity (Wildman–Crippen MR) is 82.3 cm³/mol. The third kappa shape index (κ3) is 4.93. The highest BCUT2D eigenvalue weighted by Crippen LogP contribution is 2.13. The van der Waals surface area contributed by atoms with Crippen LogP contribution in [-0.2, 0) is 11.4 Å². The number of carbonyl (C=O) groups is 1. The van der Waals surface area contributed by atoms with Crippen LogP contribution < -0.4 is 10.1 Å². The van der Waals surface area contributed by atoms with Gasteiger partial charge in [-0.3, -0.25) is 4.79 Å². The molecule has 0 saturated heterocycles. The first kappa shape index (κ1) is 15.1. The maximum Gasteiger partial charge on any atom is 0.227 e. The number of benzene rings is 2. The molecule has 0 saturated carbocycles. The van der Waals surface area contributed by atoms with Crippen molar-refractivity contribution < 1.29 is 14.6 Å². The molecule has 0 spiro atoms. The fourth-order valence-electron chi connectivity index (χ4n) is 1.88. The number of carbonyl (C=O) groups excluding carboxylic acids is 1. The second-order valence-corrected chi connectivity index (χ2v) is 4.82. The van der Waals surface area contributed by atoms with E-state index in [-0.39, 0.29) is 18.9 Å². The van der Waals surface area contributed by atoms with Gasteiger partial charge in [-0.2, -0.15) is 0 Å². The van der Waals surface area contributed by atoms with Crippen LogP contribution in [0.15, 0.2) is 48.5 Å².